The van der Waals surface area contributed by atoms with Crippen LogP contribution in [0.5, 0.6) is 0 Å². The normalized spacial score (nSPS) is 10.3. The van der Waals surface area contributed by atoms with E-state index in [0.717, 1.165) is 17.0 Å². The van der Waals surface area contributed by atoms with Crippen LogP contribution in [-0.2, 0) is 4.74 Å². The minimum Gasteiger partial charge on any atom is -0.462 e. The highest BCUT2D eigenvalue weighted by molar-refractivity contribution is 5.93. The van der Waals surface area contributed by atoms with Crippen LogP contribution in [0.4, 0.5) is 5.69 Å². The number of ether oxygens (including phenoxy) is 1. The summed E-state index contributed by atoms with van der Waals surface area (Å²) in [5, 5.41) is 0. The van der Waals surface area contributed by atoms with Gasteiger partial charge in [0.1, 0.15) is 0 Å². The maximum Gasteiger partial charge on any atom is 0.339 e. The third kappa shape index (κ3) is 2.22. The number of carbonyl (C=O) groups excluding carboxylic acids is 1. The molecule has 2 aromatic rings. The molecule has 2 rings (SSSR count). The highest BCUT2D eigenvalue weighted by Crippen LogP contribution is 2.26. The minimum atomic E-state index is -0.313. The van der Waals surface area contributed by atoms with E-state index >= 15 is 0 Å². The van der Waals surface area contributed by atoms with Gasteiger partial charge >= 0.3 is 5.97 Å². The van der Waals surface area contributed by atoms with Crippen molar-refractivity contribution in [2.75, 3.05) is 12.3 Å². The van der Waals surface area contributed by atoms with Crippen molar-refractivity contribution in [3.63, 3.8) is 0 Å². The molecule has 0 fully saturated rings. The van der Waals surface area contributed by atoms with Gasteiger partial charge in [-0.25, -0.2) is 4.79 Å². The predicted octanol–water partition coefficient (Wildman–Crippen LogP) is 2.75. The molecule has 18 heavy (non-hydrogen) atoms. The Labute approximate surface area is 106 Å². The van der Waals surface area contributed by atoms with Crippen molar-refractivity contribution < 1.29 is 9.53 Å². The van der Waals surface area contributed by atoms with Gasteiger partial charge < -0.3 is 15.5 Å². The van der Waals surface area contributed by atoms with E-state index in [1.54, 1.807) is 13.0 Å². The second-order valence-electron chi connectivity index (χ2n) is 4.03. The quantitative estimate of drug-likeness (QED) is 0.644. The first kappa shape index (κ1) is 12.2. The molecule has 0 radical (unpaired) electrons. The summed E-state index contributed by atoms with van der Waals surface area (Å²) in [6.45, 7) is 4.00. The van der Waals surface area contributed by atoms with Crippen LogP contribution in [0.1, 0.15) is 23.0 Å². The summed E-state index contributed by atoms with van der Waals surface area (Å²) in [5.41, 5.74) is 9.63. The molecule has 4 nitrogen and oxygen atoms in total. The molecular formula is C14H16N2O2. The highest BCUT2D eigenvalue weighted by atomic mass is 16.5. The monoisotopic (exact) mass is 244 g/mol. The zero-order valence-corrected chi connectivity index (χ0v) is 10.5. The molecule has 0 atom stereocenters. The Kier molecular flexibility index (Phi) is 3.37. The zero-order chi connectivity index (χ0) is 13.1. The second kappa shape index (κ2) is 4.96. The molecule has 4 heteroatoms. The van der Waals surface area contributed by atoms with Gasteiger partial charge in [0.15, 0.2) is 0 Å². The minimum absolute atomic E-state index is 0.313. The van der Waals surface area contributed by atoms with Gasteiger partial charge in [-0.1, -0.05) is 18.2 Å². The van der Waals surface area contributed by atoms with Gasteiger partial charge in [-0.2, -0.15) is 0 Å². The number of rotatable bonds is 3. The second-order valence-corrected chi connectivity index (χ2v) is 4.03. The smallest absolute Gasteiger partial charge is 0.339 e. The van der Waals surface area contributed by atoms with Crippen molar-refractivity contribution in [3.05, 3.63) is 41.6 Å². The summed E-state index contributed by atoms with van der Waals surface area (Å²) >= 11 is 0. The lowest BCUT2D eigenvalue weighted by atomic mass is 10.1. The standard InChI is InChI=1S/C14H16N2O2/c1-3-18-14(17)11-8-13(16-9(11)2)10-6-4-5-7-12(10)15/h4-8,16H,3,15H2,1-2H3. The number of aromatic amines is 1. The van der Waals surface area contributed by atoms with Crippen LogP contribution in [-0.4, -0.2) is 17.6 Å². The maximum absolute atomic E-state index is 11.7. The molecule has 0 aliphatic rings. The van der Waals surface area contributed by atoms with Crippen LogP contribution in [0.3, 0.4) is 0 Å². The molecule has 94 valence electrons. The summed E-state index contributed by atoms with van der Waals surface area (Å²) in [4.78, 5) is 14.9. The molecule has 0 amide bonds. The first-order valence-electron chi connectivity index (χ1n) is 5.85. The molecule has 0 bridgehead atoms. The molecule has 0 aliphatic heterocycles. The average molecular weight is 244 g/mol. The number of nitrogen functional groups attached to an aromatic ring is 1. The van der Waals surface area contributed by atoms with E-state index in [2.05, 4.69) is 4.98 Å². The summed E-state index contributed by atoms with van der Waals surface area (Å²) in [7, 11) is 0. The third-order valence-corrected chi connectivity index (χ3v) is 2.76. The first-order valence-corrected chi connectivity index (χ1v) is 5.85. The van der Waals surface area contributed by atoms with E-state index < -0.39 is 0 Å². The fourth-order valence-corrected chi connectivity index (χ4v) is 1.87. The molecule has 1 aromatic carbocycles. The average Bonchev–Trinajstić information content (AvgIpc) is 2.72. The van der Waals surface area contributed by atoms with E-state index in [1.807, 2.05) is 31.2 Å². The molecule has 3 N–H and O–H groups in total. The van der Waals surface area contributed by atoms with E-state index in [9.17, 15) is 4.79 Å². The number of H-pyrrole nitrogens is 1. The van der Waals surface area contributed by atoms with E-state index in [-0.39, 0.29) is 5.97 Å². The predicted molar refractivity (Wildman–Crippen MR) is 71.3 cm³/mol. The molecular weight excluding hydrogens is 228 g/mol. The van der Waals surface area contributed by atoms with Gasteiger partial charge in [-0.05, 0) is 26.0 Å². The van der Waals surface area contributed by atoms with Crippen LogP contribution >= 0.6 is 0 Å². The highest BCUT2D eigenvalue weighted by Gasteiger charge is 2.15. The van der Waals surface area contributed by atoms with Crippen molar-refractivity contribution in [2.24, 2.45) is 0 Å². The number of nitrogens with two attached hydrogens (primary N) is 1. The Bertz CT molecular complexity index is 573. The zero-order valence-electron chi connectivity index (χ0n) is 10.5. The van der Waals surface area contributed by atoms with Crippen molar-refractivity contribution in [2.45, 2.75) is 13.8 Å². The van der Waals surface area contributed by atoms with Crippen molar-refractivity contribution >= 4 is 11.7 Å². The number of aryl methyl sites for hydroxylation is 1. The van der Waals surface area contributed by atoms with E-state index in [1.165, 1.54) is 0 Å². The van der Waals surface area contributed by atoms with Gasteiger partial charge in [0, 0.05) is 22.6 Å². The lowest BCUT2D eigenvalue weighted by molar-refractivity contribution is 0.0526. The van der Waals surface area contributed by atoms with Crippen LogP contribution in [0.2, 0.25) is 0 Å². The Morgan fingerprint density at radius 2 is 2.11 bits per heavy atom. The summed E-state index contributed by atoms with van der Waals surface area (Å²) in [5.74, 6) is -0.313. The number of esters is 1. The topological polar surface area (TPSA) is 68.1 Å². The van der Waals surface area contributed by atoms with Gasteiger partial charge in [0.25, 0.3) is 0 Å². The lowest BCUT2D eigenvalue weighted by Gasteiger charge is -2.01. The van der Waals surface area contributed by atoms with Crippen LogP contribution in [0.15, 0.2) is 30.3 Å². The van der Waals surface area contributed by atoms with E-state index in [0.29, 0.717) is 17.9 Å². The number of aromatic nitrogens is 1. The summed E-state index contributed by atoms with van der Waals surface area (Å²) in [6, 6.07) is 9.30. The van der Waals surface area contributed by atoms with Gasteiger partial charge in [0.05, 0.1) is 12.2 Å². The maximum atomic E-state index is 11.7. The number of anilines is 1. The first-order chi connectivity index (χ1) is 8.63. The van der Waals surface area contributed by atoms with Crippen LogP contribution in [0.25, 0.3) is 11.3 Å². The van der Waals surface area contributed by atoms with Crippen molar-refractivity contribution in [1.29, 1.82) is 0 Å². The molecule has 0 saturated heterocycles. The largest absolute Gasteiger partial charge is 0.462 e. The molecule has 0 unspecified atom stereocenters. The van der Waals surface area contributed by atoms with Crippen LogP contribution < -0.4 is 5.73 Å². The fraction of sp³-hybridized carbons (Fsp3) is 0.214. The fourth-order valence-electron chi connectivity index (χ4n) is 1.87. The molecule has 1 aromatic heterocycles. The van der Waals surface area contributed by atoms with E-state index in [4.69, 9.17) is 10.5 Å². The molecule has 0 saturated carbocycles. The SMILES string of the molecule is CCOC(=O)c1cc(-c2ccccc2N)[nH]c1C. The molecule has 1 heterocycles. The summed E-state index contributed by atoms with van der Waals surface area (Å²) < 4.78 is 5.00. The van der Waals surface area contributed by atoms with Crippen molar-refractivity contribution in [3.8, 4) is 11.3 Å². The number of para-hydroxylation sites is 1. The Balaban J connectivity index is 2.41. The van der Waals surface area contributed by atoms with Gasteiger partial charge in [-0.3, -0.25) is 0 Å². The number of hydrogen-bond donors (Lipinski definition) is 2. The lowest BCUT2D eigenvalue weighted by Crippen LogP contribution is -2.04. The van der Waals surface area contributed by atoms with Crippen LogP contribution in [0, 0.1) is 6.92 Å². The van der Waals surface area contributed by atoms with Gasteiger partial charge in [-0.15, -0.1) is 0 Å². The Morgan fingerprint density at radius 3 is 2.78 bits per heavy atom. The summed E-state index contributed by atoms with van der Waals surface area (Å²) in [6.07, 6.45) is 0. The van der Waals surface area contributed by atoms with Crippen molar-refractivity contribution in [1.82, 2.24) is 4.98 Å². The Hall–Kier alpha value is -2.23. The number of hydrogen-bond acceptors (Lipinski definition) is 3. The number of nitrogens with one attached hydrogen (secondary N) is 1. The molecule has 0 aliphatic carbocycles. The number of carbonyl (C=O) groups is 1. The Morgan fingerprint density at radius 1 is 1.39 bits per heavy atom. The van der Waals surface area contributed by atoms with Gasteiger partial charge in [0.2, 0.25) is 0 Å². The molecule has 0 spiro atoms. The number of benzene rings is 1. The third-order valence-electron chi connectivity index (χ3n) is 2.76.